The number of rotatable bonds is 4. The molecule has 0 unspecified atom stereocenters. The fraction of sp³-hybridized carbons (Fsp3) is 0.0625. The number of anilines is 1. The lowest BCUT2D eigenvalue weighted by molar-refractivity contribution is 0.104. The molecule has 0 aliphatic rings. The summed E-state index contributed by atoms with van der Waals surface area (Å²) in [6, 6.07) is 10.5. The van der Waals surface area contributed by atoms with E-state index in [1.165, 1.54) is 6.26 Å². The zero-order valence-corrected chi connectivity index (χ0v) is 12.9. The Labute approximate surface area is 135 Å². The molecule has 2 N–H and O–H groups in total. The summed E-state index contributed by atoms with van der Waals surface area (Å²) in [5.74, 6) is 0.187. The Kier molecular flexibility index (Phi) is 3.94. The Morgan fingerprint density at radius 1 is 1.26 bits per heavy atom. The Morgan fingerprint density at radius 2 is 2.09 bits per heavy atom. The molecule has 2 heterocycles. The van der Waals surface area contributed by atoms with Crippen LogP contribution >= 0.6 is 11.3 Å². The van der Waals surface area contributed by atoms with Gasteiger partial charge in [-0.2, -0.15) is 0 Å². The summed E-state index contributed by atoms with van der Waals surface area (Å²) in [5.41, 5.74) is 1.81. The van der Waals surface area contributed by atoms with Crippen LogP contribution in [0, 0.1) is 6.92 Å². The second-order valence-corrected chi connectivity index (χ2v) is 5.80. The third-order valence-electron chi connectivity index (χ3n) is 3.08. The van der Waals surface area contributed by atoms with E-state index in [-0.39, 0.29) is 10.9 Å². The average Bonchev–Trinajstić information content (AvgIpc) is 3.14. The van der Waals surface area contributed by atoms with Crippen molar-refractivity contribution in [3.05, 3.63) is 58.7 Å². The van der Waals surface area contributed by atoms with Crippen LogP contribution in [0.2, 0.25) is 0 Å². The summed E-state index contributed by atoms with van der Waals surface area (Å²) in [7, 11) is 0. The largest absolute Gasteiger partial charge is 0.465 e. The van der Waals surface area contributed by atoms with E-state index in [0.29, 0.717) is 21.9 Å². The smallest absolute Gasteiger partial charge is 0.410 e. The summed E-state index contributed by atoms with van der Waals surface area (Å²) in [6.45, 7) is 1.90. The molecule has 0 bridgehead atoms. The minimum Gasteiger partial charge on any atom is -0.465 e. The van der Waals surface area contributed by atoms with Gasteiger partial charge in [0.05, 0.1) is 6.26 Å². The van der Waals surface area contributed by atoms with Crippen LogP contribution in [0.1, 0.15) is 20.8 Å². The number of ketones is 1. The van der Waals surface area contributed by atoms with E-state index < -0.39 is 6.09 Å². The number of benzene rings is 1. The van der Waals surface area contributed by atoms with Crippen molar-refractivity contribution in [2.75, 3.05) is 5.32 Å². The van der Waals surface area contributed by atoms with Crippen molar-refractivity contribution in [1.82, 2.24) is 4.98 Å². The number of nitrogens with zero attached hydrogens (tertiary/aromatic N) is 1. The maximum absolute atomic E-state index is 12.8. The number of hydrogen-bond donors (Lipinski definition) is 2. The van der Waals surface area contributed by atoms with E-state index in [9.17, 15) is 9.59 Å². The average molecular weight is 328 g/mol. The van der Waals surface area contributed by atoms with Crippen molar-refractivity contribution in [1.29, 1.82) is 0 Å². The fourth-order valence-electron chi connectivity index (χ4n) is 2.12. The van der Waals surface area contributed by atoms with E-state index in [1.54, 1.807) is 30.3 Å². The number of aryl methyl sites for hydroxylation is 1. The number of nitrogens with one attached hydrogen (secondary N) is 1. The Bertz CT molecular complexity index is 868. The maximum Gasteiger partial charge on any atom is 0.410 e. The van der Waals surface area contributed by atoms with Crippen molar-refractivity contribution in [2.45, 2.75) is 6.92 Å². The first kappa shape index (κ1) is 15.0. The Hall–Kier alpha value is -2.93. The molecule has 0 aliphatic heterocycles. The van der Waals surface area contributed by atoms with Crippen LogP contribution in [0.3, 0.4) is 0 Å². The van der Waals surface area contributed by atoms with Crippen molar-refractivity contribution in [3.8, 4) is 11.5 Å². The molecule has 1 amide bonds. The SMILES string of the molecule is Cc1cccc(C(=O)c2sc(NC(=O)O)nc2-c2ccco2)c1. The van der Waals surface area contributed by atoms with Gasteiger partial charge >= 0.3 is 6.09 Å². The van der Waals surface area contributed by atoms with Crippen LogP contribution in [0.25, 0.3) is 11.5 Å². The number of thiazole rings is 1. The molecule has 23 heavy (non-hydrogen) atoms. The first-order valence-corrected chi connectivity index (χ1v) is 7.52. The highest BCUT2D eigenvalue weighted by atomic mass is 32.1. The van der Waals surface area contributed by atoms with Crippen LogP contribution in [0.5, 0.6) is 0 Å². The number of carbonyl (C=O) groups excluding carboxylic acids is 1. The highest BCUT2D eigenvalue weighted by Gasteiger charge is 2.23. The van der Waals surface area contributed by atoms with Gasteiger partial charge in [0.2, 0.25) is 5.78 Å². The zero-order valence-electron chi connectivity index (χ0n) is 12.1. The first-order valence-electron chi connectivity index (χ1n) is 6.70. The van der Waals surface area contributed by atoms with Crippen LogP contribution in [0.4, 0.5) is 9.93 Å². The van der Waals surface area contributed by atoms with Gasteiger partial charge < -0.3 is 9.52 Å². The molecule has 116 valence electrons. The summed E-state index contributed by atoms with van der Waals surface area (Å²) in [6.07, 6.45) is 0.235. The van der Waals surface area contributed by atoms with E-state index in [2.05, 4.69) is 10.3 Å². The maximum atomic E-state index is 12.8. The van der Waals surface area contributed by atoms with Gasteiger partial charge in [0.25, 0.3) is 0 Å². The highest BCUT2D eigenvalue weighted by molar-refractivity contribution is 7.18. The van der Waals surface area contributed by atoms with Gasteiger partial charge in [-0.3, -0.25) is 10.1 Å². The molecule has 2 aromatic heterocycles. The van der Waals surface area contributed by atoms with Crippen molar-refractivity contribution < 1.29 is 19.1 Å². The third-order valence-corrected chi connectivity index (χ3v) is 4.05. The summed E-state index contributed by atoms with van der Waals surface area (Å²) in [4.78, 5) is 28.1. The molecule has 0 aliphatic carbocycles. The molecular weight excluding hydrogens is 316 g/mol. The molecule has 7 heteroatoms. The first-order chi connectivity index (χ1) is 11.0. The molecule has 3 rings (SSSR count). The van der Waals surface area contributed by atoms with E-state index >= 15 is 0 Å². The molecule has 0 spiro atoms. The van der Waals surface area contributed by atoms with Crippen LogP contribution in [0.15, 0.2) is 47.1 Å². The lowest BCUT2D eigenvalue weighted by Gasteiger charge is -2.01. The van der Waals surface area contributed by atoms with Crippen LogP contribution in [-0.2, 0) is 0 Å². The van der Waals surface area contributed by atoms with Gasteiger partial charge in [-0.25, -0.2) is 9.78 Å². The van der Waals surface area contributed by atoms with E-state index in [4.69, 9.17) is 9.52 Å². The quantitative estimate of drug-likeness (QED) is 0.705. The molecular formula is C16H12N2O4S. The van der Waals surface area contributed by atoms with Crippen LogP contribution in [-0.4, -0.2) is 22.0 Å². The van der Waals surface area contributed by atoms with Gasteiger partial charge in [0.1, 0.15) is 10.6 Å². The molecule has 1 aromatic carbocycles. The number of aromatic nitrogens is 1. The second-order valence-electron chi connectivity index (χ2n) is 4.80. The van der Waals surface area contributed by atoms with Gasteiger partial charge in [0.15, 0.2) is 10.9 Å². The minimum absolute atomic E-state index is 0.125. The lowest BCUT2D eigenvalue weighted by atomic mass is 10.1. The molecule has 0 fully saturated rings. The molecule has 6 nitrogen and oxygen atoms in total. The number of furan rings is 1. The van der Waals surface area contributed by atoms with Crippen molar-refractivity contribution in [3.63, 3.8) is 0 Å². The number of amides is 1. The topological polar surface area (TPSA) is 92.4 Å². The predicted octanol–water partition coefficient (Wildman–Crippen LogP) is 4.03. The fourth-order valence-corrected chi connectivity index (χ4v) is 3.04. The molecule has 0 saturated heterocycles. The normalized spacial score (nSPS) is 10.5. The van der Waals surface area contributed by atoms with E-state index in [1.807, 2.05) is 13.0 Å². The van der Waals surface area contributed by atoms with Crippen LogP contribution < -0.4 is 5.32 Å². The monoisotopic (exact) mass is 328 g/mol. The van der Waals surface area contributed by atoms with Gasteiger partial charge in [-0.15, -0.1) is 0 Å². The highest BCUT2D eigenvalue weighted by Crippen LogP contribution is 2.33. The summed E-state index contributed by atoms with van der Waals surface area (Å²) in [5, 5.41) is 11.1. The third kappa shape index (κ3) is 3.14. The Morgan fingerprint density at radius 3 is 2.74 bits per heavy atom. The lowest BCUT2D eigenvalue weighted by Crippen LogP contribution is -2.06. The van der Waals surface area contributed by atoms with Gasteiger partial charge in [0, 0.05) is 5.56 Å². The molecule has 0 saturated carbocycles. The number of carboxylic acid groups (broad SMARTS) is 1. The second kappa shape index (κ2) is 6.05. The standard InChI is InChI=1S/C16H12N2O4S/c1-9-4-2-5-10(8-9)13(19)14-12(11-6-3-7-22-11)17-15(23-14)18-16(20)21/h2-8H,1H3,(H,17,18)(H,20,21). The van der Waals surface area contributed by atoms with Gasteiger partial charge in [-0.05, 0) is 25.1 Å². The van der Waals surface area contributed by atoms with Crippen molar-refractivity contribution >= 4 is 28.3 Å². The summed E-state index contributed by atoms with van der Waals surface area (Å²) < 4.78 is 5.31. The molecule has 0 radical (unpaired) electrons. The Balaban J connectivity index is 2.08. The van der Waals surface area contributed by atoms with E-state index in [0.717, 1.165) is 16.9 Å². The van der Waals surface area contributed by atoms with Gasteiger partial charge in [-0.1, -0.05) is 35.1 Å². The predicted molar refractivity (Wildman–Crippen MR) is 86.1 cm³/mol. The molecule has 3 aromatic rings. The number of carbonyl (C=O) groups is 2. The number of hydrogen-bond acceptors (Lipinski definition) is 5. The van der Waals surface area contributed by atoms with Crippen molar-refractivity contribution in [2.24, 2.45) is 0 Å². The zero-order chi connectivity index (χ0) is 16.4. The summed E-state index contributed by atoms with van der Waals surface area (Å²) >= 11 is 0.982. The minimum atomic E-state index is -1.24. The molecule has 0 atom stereocenters.